The highest BCUT2D eigenvalue weighted by Gasteiger charge is 2.48. The zero-order valence-electron chi connectivity index (χ0n) is 17.5. The maximum atomic E-state index is 15.5. The van der Waals surface area contributed by atoms with E-state index in [9.17, 15) is 0 Å². The topological polar surface area (TPSA) is 27.7 Å². The molecule has 0 spiro atoms. The van der Waals surface area contributed by atoms with Crippen LogP contribution in [0.5, 0.6) is 0 Å². The molecule has 2 rings (SSSR count). The van der Waals surface area contributed by atoms with Crippen LogP contribution in [0.25, 0.3) is 0 Å². The predicted molar refractivity (Wildman–Crippen MR) is 111 cm³/mol. The minimum atomic E-state index is -3.01. The van der Waals surface area contributed by atoms with Crippen LogP contribution >= 0.6 is 0 Å². The summed E-state index contributed by atoms with van der Waals surface area (Å²) in [6.07, 6.45) is -0.447. The van der Waals surface area contributed by atoms with Crippen LogP contribution in [0.2, 0.25) is 0 Å². The Morgan fingerprint density at radius 2 is 1.38 bits per heavy atom. The molecule has 29 heavy (non-hydrogen) atoms. The van der Waals surface area contributed by atoms with Gasteiger partial charge in [0.2, 0.25) is 0 Å². The summed E-state index contributed by atoms with van der Waals surface area (Å²) >= 11 is 0. The lowest BCUT2D eigenvalue weighted by Gasteiger charge is -2.35. The van der Waals surface area contributed by atoms with E-state index in [2.05, 4.69) is 0 Å². The zero-order chi connectivity index (χ0) is 21.1. The lowest BCUT2D eigenvalue weighted by molar-refractivity contribution is -0.217. The molecule has 0 bridgehead atoms. The first kappa shape index (κ1) is 23.5. The van der Waals surface area contributed by atoms with Crippen molar-refractivity contribution in [2.75, 3.05) is 27.1 Å². The summed E-state index contributed by atoms with van der Waals surface area (Å²) in [7, 11) is 1.56. The minimum Gasteiger partial charge on any atom is -0.382 e. The predicted octanol–water partition coefficient (Wildman–Crippen LogP) is 5.39. The number of rotatable bonds is 13. The van der Waals surface area contributed by atoms with Crippen LogP contribution in [-0.2, 0) is 27.1 Å². The first-order chi connectivity index (χ1) is 13.9. The largest absolute Gasteiger partial charge is 0.382 e. The van der Waals surface area contributed by atoms with E-state index in [0.717, 1.165) is 11.1 Å². The quantitative estimate of drug-likeness (QED) is 0.330. The van der Waals surface area contributed by atoms with Crippen molar-refractivity contribution in [3.8, 4) is 0 Å². The van der Waals surface area contributed by atoms with Crippen molar-refractivity contribution in [1.29, 1.82) is 0 Å². The molecule has 0 heterocycles. The Morgan fingerprint density at radius 3 is 1.93 bits per heavy atom. The molecule has 0 amide bonds. The van der Waals surface area contributed by atoms with Gasteiger partial charge in [0, 0.05) is 13.0 Å². The van der Waals surface area contributed by atoms with Crippen LogP contribution in [-0.4, -0.2) is 39.1 Å². The third kappa shape index (κ3) is 7.50. The summed E-state index contributed by atoms with van der Waals surface area (Å²) in [5, 5.41) is 0. The Kier molecular flexibility index (Phi) is 9.71. The van der Waals surface area contributed by atoms with Gasteiger partial charge in [-0.3, -0.25) is 0 Å². The first-order valence-electron chi connectivity index (χ1n) is 10.1. The zero-order valence-corrected chi connectivity index (χ0v) is 17.5. The smallest absolute Gasteiger partial charge is 0.276 e. The number of hydrogen-bond acceptors (Lipinski definition) is 3. The maximum Gasteiger partial charge on any atom is 0.276 e. The number of alkyl halides is 2. The molecule has 2 aromatic rings. The fourth-order valence-electron chi connectivity index (χ4n) is 3.45. The average Bonchev–Trinajstić information content (AvgIpc) is 2.71. The Balaban J connectivity index is 2.09. The van der Waals surface area contributed by atoms with Gasteiger partial charge in [-0.25, -0.2) is 8.78 Å². The fourth-order valence-corrected chi connectivity index (χ4v) is 3.45. The van der Waals surface area contributed by atoms with Crippen molar-refractivity contribution in [2.24, 2.45) is 11.8 Å². The van der Waals surface area contributed by atoms with Gasteiger partial charge in [-0.05, 0) is 29.9 Å². The summed E-state index contributed by atoms with van der Waals surface area (Å²) in [6.45, 7) is 3.93. The molecular weight excluding hydrogens is 374 g/mol. The molecule has 3 nitrogen and oxygen atoms in total. The molecule has 0 aliphatic rings. The molecular formula is C24H32F2O3. The van der Waals surface area contributed by atoms with E-state index in [1.54, 1.807) is 14.0 Å². The monoisotopic (exact) mass is 406 g/mol. The molecule has 160 valence electrons. The van der Waals surface area contributed by atoms with E-state index in [1.165, 1.54) is 0 Å². The third-order valence-electron chi connectivity index (χ3n) is 5.10. The van der Waals surface area contributed by atoms with Crippen molar-refractivity contribution < 1.29 is 23.0 Å². The van der Waals surface area contributed by atoms with E-state index in [1.807, 2.05) is 67.6 Å². The van der Waals surface area contributed by atoms with E-state index < -0.39 is 17.9 Å². The molecule has 0 aliphatic heterocycles. The van der Waals surface area contributed by atoms with Gasteiger partial charge in [0.15, 0.2) is 0 Å². The molecule has 0 N–H and O–H groups in total. The number of halogens is 2. The molecule has 0 aromatic heterocycles. The Morgan fingerprint density at radius 1 is 0.828 bits per heavy atom. The number of ether oxygens (including phenoxy) is 3. The molecule has 0 fully saturated rings. The molecule has 1 unspecified atom stereocenters. The summed E-state index contributed by atoms with van der Waals surface area (Å²) in [4.78, 5) is 0. The highest BCUT2D eigenvalue weighted by atomic mass is 19.3. The van der Waals surface area contributed by atoms with Crippen LogP contribution in [0, 0.1) is 11.8 Å². The van der Waals surface area contributed by atoms with Crippen molar-refractivity contribution in [3.05, 3.63) is 71.8 Å². The van der Waals surface area contributed by atoms with Gasteiger partial charge in [-0.15, -0.1) is 0 Å². The van der Waals surface area contributed by atoms with E-state index in [4.69, 9.17) is 14.2 Å². The number of hydrogen-bond donors (Lipinski definition) is 0. The second-order valence-corrected chi connectivity index (χ2v) is 7.54. The summed E-state index contributed by atoms with van der Waals surface area (Å²) < 4.78 is 46.8. The van der Waals surface area contributed by atoms with Crippen molar-refractivity contribution in [1.82, 2.24) is 0 Å². The highest BCUT2D eigenvalue weighted by molar-refractivity contribution is 5.17. The Labute approximate surface area is 173 Å². The molecule has 0 radical (unpaired) electrons. The second kappa shape index (κ2) is 12.0. The number of methoxy groups -OCH3 is 1. The summed E-state index contributed by atoms with van der Waals surface area (Å²) in [5.74, 6) is -4.25. The highest BCUT2D eigenvalue weighted by Crippen LogP contribution is 2.37. The fraction of sp³-hybridized carbons (Fsp3) is 0.500. The summed E-state index contributed by atoms with van der Waals surface area (Å²) in [6, 6.07) is 19.0. The van der Waals surface area contributed by atoms with Gasteiger partial charge in [-0.1, -0.05) is 74.5 Å². The lowest BCUT2D eigenvalue weighted by Crippen LogP contribution is -2.47. The van der Waals surface area contributed by atoms with Crippen molar-refractivity contribution in [2.45, 2.75) is 38.7 Å². The minimum absolute atomic E-state index is 0.180. The van der Waals surface area contributed by atoms with Crippen molar-refractivity contribution >= 4 is 0 Å². The molecule has 2 aromatic carbocycles. The molecule has 0 aliphatic carbocycles. The van der Waals surface area contributed by atoms with E-state index in [0.29, 0.717) is 19.6 Å². The van der Waals surface area contributed by atoms with E-state index >= 15 is 8.78 Å². The van der Waals surface area contributed by atoms with Gasteiger partial charge < -0.3 is 14.2 Å². The van der Waals surface area contributed by atoms with Gasteiger partial charge >= 0.3 is 0 Å². The number of benzene rings is 2. The van der Waals surface area contributed by atoms with Gasteiger partial charge in [-0.2, -0.15) is 0 Å². The second-order valence-electron chi connectivity index (χ2n) is 7.54. The van der Waals surface area contributed by atoms with Crippen molar-refractivity contribution in [3.63, 3.8) is 0 Å². The molecule has 0 saturated heterocycles. The van der Waals surface area contributed by atoms with Crippen LogP contribution in [0.1, 0.15) is 25.0 Å². The van der Waals surface area contributed by atoms with Gasteiger partial charge in [0.25, 0.3) is 5.92 Å². The Hall–Kier alpha value is -1.82. The normalized spacial score (nSPS) is 15.1. The van der Waals surface area contributed by atoms with Gasteiger partial charge in [0.05, 0.1) is 13.2 Å². The van der Waals surface area contributed by atoms with Crippen LogP contribution in [0.3, 0.4) is 0 Å². The molecule has 3 atom stereocenters. The van der Waals surface area contributed by atoms with Crippen LogP contribution in [0.15, 0.2) is 60.7 Å². The molecule has 5 heteroatoms. The first-order valence-corrected chi connectivity index (χ1v) is 10.1. The van der Waals surface area contributed by atoms with Crippen LogP contribution < -0.4 is 0 Å². The third-order valence-corrected chi connectivity index (χ3v) is 5.10. The van der Waals surface area contributed by atoms with Gasteiger partial charge in [0.1, 0.15) is 12.9 Å². The van der Waals surface area contributed by atoms with E-state index in [-0.39, 0.29) is 19.1 Å². The lowest BCUT2D eigenvalue weighted by atomic mass is 9.84. The standard InChI is InChI=1S/C24H32F2O3/c1-19(16-21-10-6-4-7-11-21)23(29-18-28-15-14-27-3)24(25,26)20(2)17-22-12-8-5-9-13-22/h4-13,19-20,23H,14-18H2,1-3H3/t19?,20-,23+/m1/s1. The molecule has 0 saturated carbocycles. The Bertz CT molecular complexity index is 679. The SMILES string of the molecule is COCCOCO[C@@H](C(C)Cc1ccccc1)C(F)(F)[C@H](C)Cc1ccccc1. The summed E-state index contributed by atoms with van der Waals surface area (Å²) in [5.41, 5.74) is 1.91. The maximum absolute atomic E-state index is 15.5. The van der Waals surface area contributed by atoms with Crippen LogP contribution in [0.4, 0.5) is 8.78 Å². The average molecular weight is 407 g/mol.